The zero-order valence-corrected chi connectivity index (χ0v) is 12.3. The summed E-state index contributed by atoms with van der Waals surface area (Å²) in [7, 11) is 0. The number of esters is 2. The van der Waals surface area contributed by atoms with Crippen molar-refractivity contribution in [2.45, 2.75) is 56.4 Å². The van der Waals surface area contributed by atoms with Crippen molar-refractivity contribution in [3.8, 4) is 0 Å². The van der Waals surface area contributed by atoms with Gasteiger partial charge in [0, 0.05) is 12.3 Å². The van der Waals surface area contributed by atoms with Gasteiger partial charge in [-0.1, -0.05) is 6.92 Å². The maximum Gasteiger partial charge on any atom is 0.337 e. The van der Waals surface area contributed by atoms with Crippen LogP contribution in [0, 0.1) is 11.8 Å². The Bertz CT molecular complexity index is 584. The molecule has 1 aliphatic carbocycles. The zero-order valence-electron chi connectivity index (χ0n) is 12.3. The summed E-state index contributed by atoms with van der Waals surface area (Å²) >= 11 is 0. The monoisotopic (exact) mass is 310 g/mol. The minimum absolute atomic E-state index is 0.0301. The molecule has 2 saturated heterocycles. The van der Waals surface area contributed by atoms with Crippen LogP contribution in [-0.4, -0.2) is 58.3 Å². The number of fused-ring (bicyclic) bond motifs is 4. The SMILES string of the molecule is C[C@H]1C(=O)O[C@H]2C[C@]3(C)O[C@H]3[C@H](O)[C@H](O)C3=C[C@@H](OC3=O)[C@@H]21. The van der Waals surface area contributed by atoms with E-state index in [1.54, 1.807) is 6.92 Å². The molecule has 7 heteroatoms. The van der Waals surface area contributed by atoms with E-state index in [-0.39, 0.29) is 17.5 Å². The Balaban J connectivity index is 1.76. The van der Waals surface area contributed by atoms with Gasteiger partial charge in [-0.25, -0.2) is 4.79 Å². The fourth-order valence-corrected chi connectivity index (χ4v) is 3.97. The molecule has 8 atom stereocenters. The van der Waals surface area contributed by atoms with Crippen LogP contribution in [-0.2, 0) is 23.8 Å². The summed E-state index contributed by atoms with van der Waals surface area (Å²) in [6.45, 7) is 3.55. The van der Waals surface area contributed by atoms with E-state index in [1.807, 2.05) is 6.92 Å². The van der Waals surface area contributed by atoms with E-state index in [9.17, 15) is 19.8 Å². The van der Waals surface area contributed by atoms with Crippen molar-refractivity contribution in [1.29, 1.82) is 0 Å². The highest BCUT2D eigenvalue weighted by Crippen LogP contribution is 2.49. The molecule has 2 N–H and O–H groups in total. The Morgan fingerprint density at radius 2 is 2.00 bits per heavy atom. The first kappa shape index (κ1) is 14.2. The lowest BCUT2D eigenvalue weighted by molar-refractivity contribution is -0.144. The predicted octanol–water partition coefficient (Wildman–Crippen LogP) is -0.701. The maximum atomic E-state index is 12.0. The number of carbonyl (C=O) groups excluding carboxylic acids is 2. The van der Waals surface area contributed by atoms with Crippen LogP contribution in [0.15, 0.2) is 11.6 Å². The van der Waals surface area contributed by atoms with Crippen LogP contribution in [0.2, 0.25) is 0 Å². The smallest absolute Gasteiger partial charge is 0.337 e. The molecular formula is C15H18O7. The summed E-state index contributed by atoms with van der Waals surface area (Å²) < 4.78 is 16.3. The summed E-state index contributed by atoms with van der Waals surface area (Å²) in [5, 5.41) is 20.5. The maximum absolute atomic E-state index is 12.0. The minimum atomic E-state index is -1.35. The van der Waals surface area contributed by atoms with E-state index < -0.39 is 48.0 Å². The lowest BCUT2D eigenvalue weighted by atomic mass is 9.80. The third kappa shape index (κ3) is 1.79. The quantitative estimate of drug-likeness (QED) is 0.450. The summed E-state index contributed by atoms with van der Waals surface area (Å²) in [6, 6.07) is 0. The second-order valence-electron chi connectivity index (χ2n) is 6.82. The molecule has 120 valence electrons. The summed E-state index contributed by atoms with van der Waals surface area (Å²) in [6.07, 6.45) is -2.31. The number of ether oxygens (including phenoxy) is 3. The number of hydrogen-bond acceptors (Lipinski definition) is 7. The molecule has 0 unspecified atom stereocenters. The van der Waals surface area contributed by atoms with Crippen molar-refractivity contribution >= 4 is 11.9 Å². The summed E-state index contributed by atoms with van der Waals surface area (Å²) in [5.41, 5.74) is -0.642. The first-order valence-electron chi connectivity index (χ1n) is 7.49. The van der Waals surface area contributed by atoms with Crippen molar-refractivity contribution in [2.24, 2.45) is 11.8 Å². The van der Waals surface area contributed by atoms with Gasteiger partial charge in [-0.05, 0) is 13.0 Å². The van der Waals surface area contributed by atoms with Crippen LogP contribution in [0.1, 0.15) is 20.3 Å². The number of aliphatic hydroxyl groups is 2. The first-order valence-corrected chi connectivity index (χ1v) is 7.49. The molecule has 4 aliphatic rings. The molecule has 0 amide bonds. The lowest BCUT2D eigenvalue weighted by Gasteiger charge is -2.25. The van der Waals surface area contributed by atoms with Crippen molar-refractivity contribution in [3.63, 3.8) is 0 Å². The Labute approximate surface area is 126 Å². The van der Waals surface area contributed by atoms with Crippen molar-refractivity contribution < 1.29 is 34.0 Å². The highest BCUT2D eigenvalue weighted by molar-refractivity contribution is 5.92. The van der Waals surface area contributed by atoms with Crippen LogP contribution >= 0.6 is 0 Å². The van der Waals surface area contributed by atoms with Crippen LogP contribution < -0.4 is 0 Å². The Morgan fingerprint density at radius 1 is 1.27 bits per heavy atom. The van der Waals surface area contributed by atoms with E-state index in [4.69, 9.17) is 14.2 Å². The molecule has 3 aliphatic heterocycles. The van der Waals surface area contributed by atoms with E-state index >= 15 is 0 Å². The third-order valence-corrected chi connectivity index (χ3v) is 5.35. The van der Waals surface area contributed by atoms with Gasteiger partial charge in [-0.2, -0.15) is 0 Å². The molecule has 3 heterocycles. The molecule has 0 saturated carbocycles. The second kappa shape index (κ2) is 4.31. The molecular weight excluding hydrogens is 292 g/mol. The van der Waals surface area contributed by atoms with Gasteiger partial charge in [0.1, 0.15) is 30.5 Å². The normalized spacial score (nSPS) is 53.1. The topological polar surface area (TPSA) is 106 Å². The number of hydrogen-bond donors (Lipinski definition) is 2. The highest BCUT2D eigenvalue weighted by atomic mass is 16.6. The Morgan fingerprint density at radius 3 is 2.73 bits per heavy atom. The van der Waals surface area contributed by atoms with Gasteiger partial charge in [0.05, 0.1) is 17.1 Å². The van der Waals surface area contributed by atoms with Crippen molar-refractivity contribution in [1.82, 2.24) is 0 Å². The van der Waals surface area contributed by atoms with E-state index in [1.165, 1.54) is 6.08 Å². The average molecular weight is 310 g/mol. The lowest BCUT2D eigenvalue weighted by Crippen LogP contribution is -2.39. The third-order valence-electron chi connectivity index (χ3n) is 5.35. The molecule has 22 heavy (non-hydrogen) atoms. The van der Waals surface area contributed by atoms with Gasteiger partial charge in [-0.3, -0.25) is 4.79 Å². The van der Waals surface area contributed by atoms with Crippen molar-refractivity contribution in [3.05, 3.63) is 11.6 Å². The number of rotatable bonds is 0. The molecule has 7 nitrogen and oxygen atoms in total. The van der Waals surface area contributed by atoms with E-state index in [0.717, 1.165) is 0 Å². The fraction of sp³-hybridized carbons (Fsp3) is 0.733. The van der Waals surface area contributed by atoms with Crippen LogP contribution in [0.4, 0.5) is 0 Å². The largest absolute Gasteiger partial charge is 0.462 e. The van der Waals surface area contributed by atoms with Crippen LogP contribution in [0.5, 0.6) is 0 Å². The zero-order chi connectivity index (χ0) is 15.8. The van der Waals surface area contributed by atoms with Gasteiger partial charge >= 0.3 is 11.9 Å². The first-order chi connectivity index (χ1) is 10.3. The fourth-order valence-electron chi connectivity index (χ4n) is 3.97. The minimum Gasteiger partial charge on any atom is -0.462 e. The molecule has 2 bridgehead atoms. The number of aliphatic hydroxyl groups excluding tert-OH is 2. The van der Waals surface area contributed by atoms with Gasteiger partial charge in [0.15, 0.2) is 0 Å². The molecule has 4 rings (SSSR count). The Hall–Kier alpha value is -1.44. The molecule has 0 aromatic heterocycles. The van der Waals surface area contributed by atoms with Gasteiger partial charge in [-0.15, -0.1) is 0 Å². The van der Waals surface area contributed by atoms with Gasteiger partial charge in [0.25, 0.3) is 0 Å². The summed E-state index contributed by atoms with van der Waals surface area (Å²) in [4.78, 5) is 23.9. The van der Waals surface area contributed by atoms with Gasteiger partial charge in [0.2, 0.25) is 0 Å². The van der Waals surface area contributed by atoms with E-state index in [2.05, 4.69) is 0 Å². The van der Waals surface area contributed by atoms with Crippen LogP contribution in [0.3, 0.4) is 0 Å². The van der Waals surface area contributed by atoms with Crippen LogP contribution in [0.25, 0.3) is 0 Å². The molecule has 0 radical (unpaired) electrons. The second-order valence-corrected chi connectivity index (χ2v) is 6.82. The summed E-state index contributed by atoms with van der Waals surface area (Å²) in [5.74, 6) is -1.70. The molecule has 0 spiro atoms. The molecule has 0 aromatic carbocycles. The number of epoxide rings is 1. The molecule has 2 fully saturated rings. The standard InChI is InChI=1S/C15H18O7/c1-5-9-7-3-6(14(19)20-7)10(16)11(17)12-15(2,22-12)4-8(9)21-13(5)18/h3,5,7-12,16-17H,4H2,1-2H3/t5-,7-,8+,9+,10-,11-,12+,15+/m1/s1. The van der Waals surface area contributed by atoms with Gasteiger partial charge < -0.3 is 24.4 Å². The van der Waals surface area contributed by atoms with Crippen molar-refractivity contribution in [2.75, 3.05) is 0 Å². The Kier molecular flexibility index (Phi) is 2.77. The number of carbonyl (C=O) groups is 2. The average Bonchev–Trinajstić information content (AvgIpc) is 2.83. The highest BCUT2D eigenvalue weighted by Gasteiger charge is 2.63. The van der Waals surface area contributed by atoms with E-state index in [0.29, 0.717) is 6.42 Å². The predicted molar refractivity (Wildman–Crippen MR) is 70.4 cm³/mol. The molecule has 0 aromatic rings.